The number of hydrogen-bond acceptors (Lipinski definition) is 5. The van der Waals surface area contributed by atoms with Crippen LogP contribution in [0.25, 0.3) is 0 Å². The number of rotatable bonds is 5. The fraction of sp³-hybridized carbons (Fsp3) is 0.464. The first-order chi connectivity index (χ1) is 16.7. The molecule has 2 amide bonds. The van der Waals surface area contributed by atoms with Gasteiger partial charge in [0.05, 0.1) is 11.8 Å². The van der Waals surface area contributed by atoms with Crippen LogP contribution in [0.15, 0.2) is 42.5 Å². The number of carboxylic acid groups (broad SMARTS) is 1. The molecule has 1 aliphatic carbocycles. The molecule has 0 aromatic heterocycles. The Balaban J connectivity index is 1.64. The molecular weight excluding hydrogens is 444 g/mol. The monoisotopic (exact) mass is 476 g/mol. The molecule has 3 aliphatic rings. The average molecular weight is 477 g/mol. The number of imide groups is 1. The van der Waals surface area contributed by atoms with E-state index in [1.807, 2.05) is 30.3 Å². The molecule has 2 aromatic carbocycles. The Bertz CT molecular complexity index is 1150. The third kappa shape index (κ3) is 3.73. The summed E-state index contributed by atoms with van der Waals surface area (Å²) in [5.74, 6) is -3.41. The van der Waals surface area contributed by atoms with Gasteiger partial charge in [-0.05, 0) is 48.9 Å². The lowest BCUT2D eigenvalue weighted by molar-refractivity contribution is -0.152. The van der Waals surface area contributed by atoms with E-state index in [1.165, 1.54) is 4.90 Å². The average Bonchev–Trinajstić information content (AvgIpc) is 3.32. The van der Waals surface area contributed by atoms with Crippen molar-refractivity contribution in [3.05, 3.63) is 64.7 Å². The summed E-state index contributed by atoms with van der Waals surface area (Å²) in [6, 6.07) is 12.0. The summed E-state index contributed by atoms with van der Waals surface area (Å²) >= 11 is 0. The van der Waals surface area contributed by atoms with Gasteiger partial charge in [-0.15, -0.1) is 0 Å². The fourth-order valence-electron chi connectivity index (χ4n) is 6.53. The van der Waals surface area contributed by atoms with E-state index >= 15 is 0 Å². The van der Waals surface area contributed by atoms with Gasteiger partial charge in [-0.1, -0.05) is 61.7 Å². The van der Waals surface area contributed by atoms with Crippen LogP contribution in [0.1, 0.15) is 60.4 Å². The van der Waals surface area contributed by atoms with Crippen molar-refractivity contribution in [3.8, 4) is 5.75 Å². The minimum absolute atomic E-state index is 0.0917. The van der Waals surface area contributed by atoms with Gasteiger partial charge in [-0.2, -0.15) is 0 Å². The van der Waals surface area contributed by atoms with Crippen molar-refractivity contribution in [1.29, 1.82) is 0 Å². The summed E-state index contributed by atoms with van der Waals surface area (Å²) in [7, 11) is 0. The molecule has 2 aliphatic heterocycles. The van der Waals surface area contributed by atoms with Gasteiger partial charge in [0.1, 0.15) is 11.3 Å². The van der Waals surface area contributed by atoms with Crippen molar-refractivity contribution in [2.75, 3.05) is 0 Å². The number of aliphatic carboxylic acids is 1. The highest BCUT2D eigenvalue weighted by Crippen LogP contribution is 2.51. The van der Waals surface area contributed by atoms with Crippen molar-refractivity contribution < 1.29 is 24.6 Å². The zero-order chi connectivity index (χ0) is 24.9. The van der Waals surface area contributed by atoms with E-state index in [1.54, 1.807) is 26.0 Å². The first kappa shape index (κ1) is 23.5. The van der Waals surface area contributed by atoms with E-state index in [-0.39, 0.29) is 30.0 Å². The van der Waals surface area contributed by atoms with Crippen LogP contribution in [0.3, 0.4) is 0 Å². The fourth-order valence-corrected chi connectivity index (χ4v) is 6.53. The molecule has 7 heteroatoms. The topological polar surface area (TPSA) is 107 Å². The van der Waals surface area contributed by atoms with Gasteiger partial charge >= 0.3 is 5.97 Å². The van der Waals surface area contributed by atoms with Gasteiger partial charge < -0.3 is 10.2 Å². The van der Waals surface area contributed by atoms with Gasteiger partial charge in [0.25, 0.3) is 0 Å². The molecule has 5 rings (SSSR count). The third-order valence-corrected chi connectivity index (χ3v) is 8.21. The summed E-state index contributed by atoms with van der Waals surface area (Å²) in [6.45, 7) is 3.56. The van der Waals surface area contributed by atoms with Crippen LogP contribution in [0, 0.1) is 25.7 Å². The Labute approximate surface area is 205 Å². The van der Waals surface area contributed by atoms with Crippen molar-refractivity contribution in [3.63, 3.8) is 0 Å². The molecule has 7 nitrogen and oxygen atoms in total. The second-order valence-corrected chi connectivity index (χ2v) is 10.4. The maximum Gasteiger partial charge on any atom is 0.325 e. The van der Waals surface area contributed by atoms with E-state index in [4.69, 9.17) is 0 Å². The van der Waals surface area contributed by atoms with Crippen LogP contribution >= 0.6 is 0 Å². The predicted molar refractivity (Wildman–Crippen MR) is 130 cm³/mol. The zero-order valence-corrected chi connectivity index (χ0v) is 20.2. The number of carbonyl (C=O) groups excluding carboxylic acids is 2. The summed E-state index contributed by atoms with van der Waals surface area (Å²) in [5, 5.41) is 24.2. The van der Waals surface area contributed by atoms with Gasteiger partial charge in [0, 0.05) is 18.5 Å². The Kier molecular flexibility index (Phi) is 5.91. The van der Waals surface area contributed by atoms with Crippen LogP contribution in [-0.4, -0.2) is 44.5 Å². The van der Waals surface area contributed by atoms with Gasteiger partial charge in [-0.3, -0.25) is 24.6 Å². The molecule has 0 radical (unpaired) electrons. The van der Waals surface area contributed by atoms with Crippen molar-refractivity contribution in [1.82, 2.24) is 10.2 Å². The summed E-state index contributed by atoms with van der Waals surface area (Å²) < 4.78 is 0. The normalized spacial score (nSPS) is 29.0. The molecule has 3 N–H and O–H groups in total. The lowest BCUT2D eigenvalue weighted by Gasteiger charge is -2.34. The molecule has 0 bridgehead atoms. The summed E-state index contributed by atoms with van der Waals surface area (Å²) in [6.07, 6.45) is 4.64. The Morgan fingerprint density at radius 2 is 1.66 bits per heavy atom. The highest BCUT2D eigenvalue weighted by Gasteiger charge is 2.69. The number of carbonyl (C=O) groups is 3. The van der Waals surface area contributed by atoms with Gasteiger partial charge in [0.2, 0.25) is 11.8 Å². The number of amides is 2. The SMILES string of the molecule is Cc1cc(C2NC(Cc3ccccc3)(C(=O)O)C3C(=O)N(C4CCCCC4)C(=O)C23)cc(C)c1O. The zero-order valence-electron chi connectivity index (χ0n) is 20.2. The predicted octanol–water partition coefficient (Wildman–Crippen LogP) is 3.65. The van der Waals surface area contributed by atoms with Crippen LogP contribution in [-0.2, 0) is 20.8 Å². The molecule has 2 aromatic rings. The second kappa shape index (κ2) is 8.79. The number of nitrogens with one attached hydrogen (secondary N) is 1. The second-order valence-electron chi connectivity index (χ2n) is 10.4. The Hall–Kier alpha value is -3.19. The number of nitrogens with zero attached hydrogens (tertiary/aromatic N) is 1. The molecule has 3 fully saturated rings. The van der Waals surface area contributed by atoms with Crippen LogP contribution < -0.4 is 5.32 Å². The van der Waals surface area contributed by atoms with E-state index in [2.05, 4.69) is 5.32 Å². The summed E-state index contributed by atoms with van der Waals surface area (Å²) in [5.41, 5.74) is 1.18. The maximum absolute atomic E-state index is 13.9. The molecule has 4 unspecified atom stereocenters. The van der Waals surface area contributed by atoms with E-state index in [0.717, 1.165) is 43.2 Å². The molecule has 2 saturated heterocycles. The molecule has 35 heavy (non-hydrogen) atoms. The van der Waals surface area contributed by atoms with Crippen molar-refractivity contribution in [2.24, 2.45) is 11.8 Å². The third-order valence-electron chi connectivity index (χ3n) is 8.21. The van der Waals surface area contributed by atoms with Crippen LogP contribution in [0.2, 0.25) is 0 Å². The molecule has 2 heterocycles. The van der Waals surface area contributed by atoms with Gasteiger partial charge in [-0.25, -0.2) is 0 Å². The number of carboxylic acids is 1. The number of hydrogen-bond donors (Lipinski definition) is 3. The lowest BCUT2D eigenvalue weighted by Crippen LogP contribution is -2.58. The van der Waals surface area contributed by atoms with E-state index in [9.17, 15) is 24.6 Å². The lowest BCUT2D eigenvalue weighted by atomic mass is 9.76. The Morgan fingerprint density at radius 3 is 2.26 bits per heavy atom. The van der Waals surface area contributed by atoms with E-state index < -0.39 is 29.4 Å². The van der Waals surface area contributed by atoms with Crippen molar-refractivity contribution in [2.45, 2.75) is 70.0 Å². The molecule has 184 valence electrons. The van der Waals surface area contributed by atoms with E-state index in [0.29, 0.717) is 11.1 Å². The number of benzene rings is 2. The maximum atomic E-state index is 13.9. The first-order valence-electron chi connectivity index (χ1n) is 12.5. The molecule has 1 saturated carbocycles. The smallest absolute Gasteiger partial charge is 0.325 e. The number of aryl methyl sites for hydroxylation is 2. The minimum atomic E-state index is -1.62. The number of aromatic hydroxyl groups is 1. The largest absolute Gasteiger partial charge is 0.507 e. The number of likely N-dealkylation sites (tertiary alicyclic amines) is 1. The molecular formula is C28H32N2O5. The summed E-state index contributed by atoms with van der Waals surface area (Å²) in [4.78, 5) is 42.2. The van der Waals surface area contributed by atoms with Crippen LogP contribution in [0.5, 0.6) is 5.75 Å². The number of phenolic OH excluding ortho intramolecular Hbond substituents is 1. The molecule has 4 atom stereocenters. The Morgan fingerprint density at radius 1 is 1.03 bits per heavy atom. The standard InChI is InChI=1S/C28H32N2O5/c1-16-13-19(14-17(2)24(16)31)23-21-22(26(33)30(25(21)32)20-11-7-4-8-12-20)28(29-23,27(34)35)15-18-9-5-3-6-10-18/h3,5-6,9-10,13-14,20-23,29,31H,4,7-8,11-12,15H2,1-2H3,(H,34,35). The highest BCUT2D eigenvalue weighted by atomic mass is 16.4. The van der Waals surface area contributed by atoms with Gasteiger partial charge in [0.15, 0.2) is 0 Å². The number of phenols is 1. The first-order valence-corrected chi connectivity index (χ1v) is 12.5. The quantitative estimate of drug-likeness (QED) is 0.569. The van der Waals surface area contributed by atoms with Crippen LogP contribution in [0.4, 0.5) is 0 Å². The molecule has 0 spiro atoms. The van der Waals surface area contributed by atoms with Crippen molar-refractivity contribution >= 4 is 17.8 Å². The minimum Gasteiger partial charge on any atom is -0.507 e. The number of fused-ring (bicyclic) bond motifs is 1. The highest BCUT2D eigenvalue weighted by molar-refractivity contribution is 6.09.